The van der Waals surface area contributed by atoms with Gasteiger partial charge in [0.25, 0.3) is 5.91 Å². The van der Waals surface area contributed by atoms with Crippen LogP contribution in [0.1, 0.15) is 15.9 Å². The van der Waals surface area contributed by atoms with Gasteiger partial charge in [0, 0.05) is 0 Å². The van der Waals surface area contributed by atoms with Gasteiger partial charge in [0.1, 0.15) is 5.56 Å². The standard InChI is InChI=1S/C18H15ClF3NO5/c1-26-14-5-3-4-11(16(14)27-2)17(25)28-9-15(24)23-13-8-10(18(20,21)22)6-7-12(13)19/h3-8H,9H2,1-2H3,(H,23,24). The van der Waals surface area contributed by atoms with Gasteiger partial charge in [-0.1, -0.05) is 17.7 Å². The first-order chi connectivity index (χ1) is 13.2. The highest BCUT2D eigenvalue weighted by Crippen LogP contribution is 2.34. The monoisotopic (exact) mass is 417 g/mol. The number of amides is 1. The fraction of sp³-hybridized carbons (Fsp3) is 0.222. The molecule has 0 fully saturated rings. The van der Waals surface area contributed by atoms with E-state index in [0.29, 0.717) is 6.07 Å². The van der Waals surface area contributed by atoms with Crippen LogP contribution < -0.4 is 14.8 Å². The average molecular weight is 418 g/mol. The van der Waals surface area contributed by atoms with Crippen LogP contribution in [0.15, 0.2) is 36.4 Å². The number of nitrogens with one attached hydrogen (secondary N) is 1. The number of carbonyl (C=O) groups excluding carboxylic acids is 2. The quantitative estimate of drug-likeness (QED) is 0.714. The van der Waals surface area contributed by atoms with Crippen LogP contribution in [0, 0.1) is 0 Å². The molecule has 0 heterocycles. The fourth-order valence-corrected chi connectivity index (χ4v) is 2.41. The van der Waals surface area contributed by atoms with Crippen molar-refractivity contribution in [3.8, 4) is 11.5 Å². The summed E-state index contributed by atoms with van der Waals surface area (Å²) in [5.41, 5.74) is -1.21. The van der Waals surface area contributed by atoms with E-state index in [4.69, 9.17) is 25.8 Å². The number of ether oxygens (including phenoxy) is 3. The molecule has 0 unspecified atom stereocenters. The van der Waals surface area contributed by atoms with Crippen molar-refractivity contribution in [3.05, 3.63) is 52.5 Å². The molecule has 0 aliphatic carbocycles. The van der Waals surface area contributed by atoms with Crippen molar-refractivity contribution in [3.63, 3.8) is 0 Å². The number of anilines is 1. The zero-order valence-electron chi connectivity index (χ0n) is 14.7. The van der Waals surface area contributed by atoms with E-state index in [0.717, 1.165) is 12.1 Å². The molecule has 0 aliphatic heterocycles. The molecular formula is C18H15ClF3NO5. The summed E-state index contributed by atoms with van der Waals surface area (Å²) in [4.78, 5) is 24.1. The van der Waals surface area contributed by atoms with Gasteiger partial charge in [-0.2, -0.15) is 13.2 Å². The van der Waals surface area contributed by atoms with Gasteiger partial charge < -0.3 is 19.5 Å². The van der Waals surface area contributed by atoms with Crippen molar-refractivity contribution in [1.82, 2.24) is 0 Å². The first-order valence-electron chi connectivity index (χ1n) is 7.72. The molecule has 0 saturated heterocycles. The number of benzene rings is 2. The number of hydrogen-bond acceptors (Lipinski definition) is 5. The van der Waals surface area contributed by atoms with Gasteiger partial charge in [-0.15, -0.1) is 0 Å². The Labute approximate surface area is 163 Å². The summed E-state index contributed by atoms with van der Waals surface area (Å²) >= 11 is 5.80. The summed E-state index contributed by atoms with van der Waals surface area (Å²) in [6.07, 6.45) is -4.60. The molecule has 28 heavy (non-hydrogen) atoms. The Morgan fingerprint density at radius 1 is 1.11 bits per heavy atom. The fourth-order valence-electron chi connectivity index (χ4n) is 2.24. The highest BCUT2D eigenvalue weighted by Gasteiger charge is 2.31. The summed E-state index contributed by atoms with van der Waals surface area (Å²) in [7, 11) is 2.72. The number of rotatable bonds is 6. The van der Waals surface area contributed by atoms with Gasteiger partial charge in [0.15, 0.2) is 18.1 Å². The number of alkyl halides is 3. The van der Waals surface area contributed by atoms with Crippen LogP contribution in [0.3, 0.4) is 0 Å². The maximum Gasteiger partial charge on any atom is 0.416 e. The molecule has 10 heteroatoms. The minimum atomic E-state index is -4.60. The third-order valence-corrected chi connectivity index (χ3v) is 3.85. The number of esters is 1. The highest BCUT2D eigenvalue weighted by atomic mass is 35.5. The van der Waals surface area contributed by atoms with E-state index >= 15 is 0 Å². The molecule has 0 radical (unpaired) electrons. The summed E-state index contributed by atoms with van der Waals surface area (Å²) < 4.78 is 53.3. The highest BCUT2D eigenvalue weighted by molar-refractivity contribution is 6.33. The third kappa shape index (κ3) is 5.07. The molecule has 2 rings (SSSR count). The maximum atomic E-state index is 12.8. The number of methoxy groups -OCH3 is 2. The van der Waals surface area contributed by atoms with Gasteiger partial charge in [0.05, 0.1) is 30.5 Å². The van der Waals surface area contributed by atoms with Crippen molar-refractivity contribution >= 4 is 29.2 Å². The predicted molar refractivity (Wildman–Crippen MR) is 94.9 cm³/mol. The second kappa shape index (κ2) is 8.83. The minimum Gasteiger partial charge on any atom is -0.493 e. The summed E-state index contributed by atoms with van der Waals surface area (Å²) in [5.74, 6) is -1.33. The van der Waals surface area contributed by atoms with Crippen molar-refractivity contribution in [2.45, 2.75) is 6.18 Å². The molecule has 0 spiro atoms. The molecule has 1 N–H and O–H groups in total. The van der Waals surface area contributed by atoms with E-state index in [-0.39, 0.29) is 27.8 Å². The van der Waals surface area contributed by atoms with Crippen molar-refractivity contribution in [2.75, 3.05) is 26.1 Å². The number of carbonyl (C=O) groups is 2. The molecule has 0 saturated carbocycles. The van der Waals surface area contributed by atoms with Crippen LogP contribution in [-0.4, -0.2) is 32.7 Å². The SMILES string of the molecule is COc1cccc(C(=O)OCC(=O)Nc2cc(C(F)(F)F)ccc2Cl)c1OC. The second-order valence-electron chi connectivity index (χ2n) is 5.36. The first-order valence-corrected chi connectivity index (χ1v) is 8.10. The van der Waals surface area contributed by atoms with Crippen LogP contribution >= 0.6 is 11.6 Å². The maximum absolute atomic E-state index is 12.8. The number of halogens is 4. The first kappa shape index (κ1) is 21.4. The normalized spacial score (nSPS) is 10.9. The Morgan fingerprint density at radius 3 is 2.43 bits per heavy atom. The molecular weight excluding hydrogens is 403 g/mol. The Hall–Kier alpha value is -2.94. The smallest absolute Gasteiger partial charge is 0.416 e. The van der Waals surface area contributed by atoms with Gasteiger partial charge in [-0.25, -0.2) is 4.79 Å². The summed E-state index contributed by atoms with van der Waals surface area (Å²) in [6.45, 7) is -0.744. The van der Waals surface area contributed by atoms with Crippen LogP contribution in [-0.2, 0) is 15.7 Å². The van der Waals surface area contributed by atoms with E-state index in [2.05, 4.69) is 5.32 Å². The molecule has 2 aromatic carbocycles. The Morgan fingerprint density at radius 2 is 1.82 bits per heavy atom. The van der Waals surface area contributed by atoms with E-state index in [9.17, 15) is 22.8 Å². The zero-order chi connectivity index (χ0) is 20.9. The molecule has 6 nitrogen and oxygen atoms in total. The molecule has 2 aromatic rings. The molecule has 150 valence electrons. The molecule has 0 aromatic heterocycles. The largest absolute Gasteiger partial charge is 0.493 e. The molecule has 0 bridgehead atoms. The minimum absolute atomic E-state index is 0.0201. The van der Waals surface area contributed by atoms with E-state index in [1.807, 2.05) is 0 Å². The zero-order valence-corrected chi connectivity index (χ0v) is 15.5. The van der Waals surface area contributed by atoms with Crippen LogP contribution in [0.25, 0.3) is 0 Å². The van der Waals surface area contributed by atoms with E-state index < -0.39 is 30.2 Å². The Kier molecular flexibility index (Phi) is 6.74. The van der Waals surface area contributed by atoms with Gasteiger partial charge in [-0.3, -0.25) is 4.79 Å². The summed E-state index contributed by atoms with van der Waals surface area (Å²) in [6, 6.07) is 6.98. The van der Waals surface area contributed by atoms with Crippen LogP contribution in [0.2, 0.25) is 5.02 Å². The van der Waals surface area contributed by atoms with E-state index in [1.54, 1.807) is 6.07 Å². The third-order valence-electron chi connectivity index (χ3n) is 3.52. The molecule has 0 aliphatic rings. The molecule has 0 atom stereocenters. The number of para-hydroxylation sites is 1. The molecule has 1 amide bonds. The average Bonchev–Trinajstić information content (AvgIpc) is 2.66. The van der Waals surface area contributed by atoms with Gasteiger partial charge >= 0.3 is 12.1 Å². The van der Waals surface area contributed by atoms with Crippen molar-refractivity contribution < 1.29 is 37.0 Å². The topological polar surface area (TPSA) is 73.9 Å². The predicted octanol–water partition coefficient (Wildman–Crippen LogP) is 4.17. The van der Waals surface area contributed by atoms with Crippen LogP contribution in [0.5, 0.6) is 11.5 Å². The Balaban J connectivity index is 2.07. The summed E-state index contributed by atoms with van der Waals surface area (Å²) in [5, 5.41) is 2.08. The lowest BCUT2D eigenvalue weighted by molar-refractivity contribution is -0.137. The van der Waals surface area contributed by atoms with E-state index in [1.165, 1.54) is 26.4 Å². The lowest BCUT2D eigenvalue weighted by atomic mass is 10.2. The lowest BCUT2D eigenvalue weighted by Crippen LogP contribution is -2.21. The Bertz CT molecular complexity index is 886. The van der Waals surface area contributed by atoms with Gasteiger partial charge in [-0.05, 0) is 30.3 Å². The number of hydrogen-bond donors (Lipinski definition) is 1. The lowest BCUT2D eigenvalue weighted by Gasteiger charge is -2.13. The van der Waals surface area contributed by atoms with Crippen molar-refractivity contribution in [1.29, 1.82) is 0 Å². The van der Waals surface area contributed by atoms with Gasteiger partial charge in [0.2, 0.25) is 0 Å². The van der Waals surface area contributed by atoms with Crippen molar-refractivity contribution in [2.24, 2.45) is 0 Å². The van der Waals surface area contributed by atoms with Crippen LogP contribution in [0.4, 0.5) is 18.9 Å². The second-order valence-corrected chi connectivity index (χ2v) is 5.76.